The maximum Gasteiger partial charge on any atom is 0.430 e. The van der Waals surface area contributed by atoms with Crippen LogP contribution in [0.1, 0.15) is 36.8 Å². The molecule has 0 saturated heterocycles. The Hall–Kier alpha value is -4.19. The minimum absolute atomic E-state index is 0.0232. The third-order valence-corrected chi connectivity index (χ3v) is 4.49. The Labute approximate surface area is 188 Å². The van der Waals surface area contributed by atoms with Crippen LogP contribution in [0.25, 0.3) is 11.0 Å². The summed E-state index contributed by atoms with van der Waals surface area (Å²) in [4.78, 5) is 52.4. The zero-order valence-electron chi connectivity index (χ0n) is 18.2. The first kappa shape index (κ1) is 22.0. The van der Waals surface area contributed by atoms with E-state index in [9.17, 15) is 14.4 Å². The number of hydroxylamine groups is 1. The van der Waals surface area contributed by atoms with Gasteiger partial charge in [0.1, 0.15) is 17.6 Å². The van der Waals surface area contributed by atoms with Crippen molar-refractivity contribution in [3.05, 3.63) is 42.0 Å². The van der Waals surface area contributed by atoms with Crippen LogP contribution in [0, 0.1) is 0 Å². The Bertz CT molecular complexity index is 1230. The molecule has 3 aromatic rings. The monoisotopic (exact) mass is 453 g/mol. The Morgan fingerprint density at radius 1 is 1.24 bits per heavy atom. The van der Waals surface area contributed by atoms with Gasteiger partial charge in [-0.1, -0.05) is 6.07 Å². The number of nitrogens with one attached hydrogen (secondary N) is 5. The first-order valence-corrected chi connectivity index (χ1v) is 10.1. The molecule has 2 aromatic heterocycles. The van der Waals surface area contributed by atoms with Gasteiger partial charge in [0.2, 0.25) is 0 Å². The average Bonchev–Trinajstić information content (AvgIpc) is 3.18. The molecule has 0 saturated carbocycles. The van der Waals surface area contributed by atoms with Gasteiger partial charge in [-0.25, -0.2) is 14.8 Å². The Morgan fingerprint density at radius 3 is 2.85 bits per heavy atom. The van der Waals surface area contributed by atoms with E-state index in [1.165, 1.54) is 12.5 Å². The quantitative estimate of drug-likeness (QED) is 0.367. The average molecular weight is 453 g/mol. The van der Waals surface area contributed by atoms with Crippen molar-refractivity contribution in [2.45, 2.75) is 32.9 Å². The van der Waals surface area contributed by atoms with Crippen LogP contribution in [0.2, 0.25) is 0 Å². The number of aromatic nitrogens is 3. The molecule has 3 amide bonds. The van der Waals surface area contributed by atoms with Gasteiger partial charge in [0.15, 0.2) is 12.3 Å². The number of amides is 3. The summed E-state index contributed by atoms with van der Waals surface area (Å²) in [7, 11) is 0. The van der Waals surface area contributed by atoms with Crippen LogP contribution >= 0.6 is 0 Å². The van der Waals surface area contributed by atoms with Crippen molar-refractivity contribution in [3.63, 3.8) is 0 Å². The summed E-state index contributed by atoms with van der Waals surface area (Å²) in [5.41, 5.74) is 4.69. The topological polar surface area (TPSA) is 159 Å². The molecule has 172 valence electrons. The molecule has 33 heavy (non-hydrogen) atoms. The Balaban J connectivity index is 1.44. The lowest BCUT2D eigenvalue weighted by Crippen LogP contribution is -2.38. The predicted octanol–water partition coefficient (Wildman–Crippen LogP) is 2.07. The van der Waals surface area contributed by atoms with E-state index in [0.717, 1.165) is 5.56 Å². The van der Waals surface area contributed by atoms with Crippen LogP contribution in [-0.4, -0.2) is 45.0 Å². The number of fused-ring (bicyclic) bond motifs is 2. The summed E-state index contributed by atoms with van der Waals surface area (Å²) in [5, 5.41) is 8.09. The molecule has 0 atom stereocenters. The summed E-state index contributed by atoms with van der Waals surface area (Å²) in [6.07, 6.45) is 2.01. The fraction of sp³-hybridized carbons (Fsp3) is 0.286. The molecule has 0 bridgehead atoms. The number of carbonyl (C=O) groups is 3. The van der Waals surface area contributed by atoms with Gasteiger partial charge in [-0.2, -0.15) is 0 Å². The highest BCUT2D eigenvalue weighted by Gasteiger charge is 2.20. The number of H-pyrrole nitrogens is 1. The van der Waals surface area contributed by atoms with Gasteiger partial charge in [-0.15, -0.1) is 5.48 Å². The minimum Gasteiger partial charge on any atom is -0.482 e. The summed E-state index contributed by atoms with van der Waals surface area (Å²) >= 11 is 0. The van der Waals surface area contributed by atoms with Crippen molar-refractivity contribution in [3.8, 4) is 5.75 Å². The summed E-state index contributed by atoms with van der Waals surface area (Å²) in [5.74, 6) is -0.100. The molecule has 12 nitrogen and oxygen atoms in total. The molecule has 0 radical (unpaired) electrons. The lowest BCUT2D eigenvalue weighted by molar-refractivity contribution is -0.118. The molecular weight excluding hydrogens is 430 g/mol. The fourth-order valence-corrected chi connectivity index (χ4v) is 3.05. The van der Waals surface area contributed by atoms with Gasteiger partial charge in [-0.05, 0) is 38.5 Å². The van der Waals surface area contributed by atoms with Crippen molar-refractivity contribution >= 4 is 40.3 Å². The molecule has 1 aliphatic heterocycles. The third-order valence-electron chi connectivity index (χ3n) is 4.49. The zero-order valence-corrected chi connectivity index (χ0v) is 18.2. The number of anilines is 2. The predicted molar refractivity (Wildman–Crippen MR) is 119 cm³/mol. The Morgan fingerprint density at radius 2 is 2.06 bits per heavy atom. The van der Waals surface area contributed by atoms with Gasteiger partial charge in [0.25, 0.3) is 11.8 Å². The molecule has 0 fully saturated rings. The molecule has 0 unspecified atom stereocenters. The van der Waals surface area contributed by atoms with Crippen LogP contribution in [0.4, 0.5) is 16.2 Å². The van der Waals surface area contributed by atoms with Gasteiger partial charge in [-0.3, -0.25) is 14.9 Å². The zero-order chi connectivity index (χ0) is 23.6. The highest BCUT2D eigenvalue weighted by atomic mass is 16.7. The van der Waals surface area contributed by atoms with Crippen LogP contribution in [0.15, 0.2) is 30.7 Å². The molecule has 3 heterocycles. The number of hydrogen-bond donors (Lipinski definition) is 5. The SMILES string of the molecule is CC(C)(C)NOC(=O)Nc1c[nH]c2c(C(=O)NCc3ccc4c(c3)NC(=O)CO4)ncnc12. The second-order valence-corrected chi connectivity index (χ2v) is 8.36. The van der Waals surface area contributed by atoms with Crippen LogP contribution in [0.3, 0.4) is 0 Å². The van der Waals surface area contributed by atoms with Gasteiger partial charge < -0.3 is 25.2 Å². The van der Waals surface area contributed by atoms with Gasteiger partial charge in [0.05, 0.1) is 16.9 Å². The summed E-state index contributed by atoms with van der Waals surface area (Å²) in [6.45, 7) is 5.71. The molecular formula is C21H23N7O5. The van der Waals surface area contributed by atoms with Crippen molar-refractivity contribution < 1.29 is 24.0 Å². The maximum absolute atomic E-state index is 12.8. The molecule has 12 heteroatoms. The highest BCUT2D eigenvalue weighted by Crippen LogP contribution is 2.28. The fourth-order valence-electron chi connectivity index (χ4n) is 3.05. The van der Waals surface area contributed by atoms with Crippen molar-refractivity contribution in [1.29, 1.82) is 0 Å². The lowest BCUT2D eigenvalue weighted by Gasteiger charge is -2.19. The van der Waals surface area contributed by atoms with Crippen LogP contribution in [0.5, 0.6) is 5.75 Å². The minimum atomic E-state index is -0.723. The van der Waals surface area contributed by atoms with E-state index in [0.29, 0.717) is 28.2 Å². The third kappa shape index (κ3) is 5.18. The van der Waals surface area contributed by atoms with Crippen LogP contribution < -0.4 is 26.2 Å². The normalized spacial score (nSPS) is 13.0. The molecule has 1 aromatic carbocycles. The van der Waals surface area contributed by atoms with E-state index in [1.54, 1.807) is 18.2 Å². The molecule has 0 spiro atoms. The second-order valence-electron chi connectivity index (χ2n) is 8.36. The van der Waals surface area contributed by atoms with Crippen LogP contribution in [-0.2, 0) is 16.2 Å². The number of aromatic amines is 1. The lowest BCUT2D eigenvalue weighted by atomic mass is 10.1. The van der Waals surface area contributed by atoms with E-state index < -0.39 is 17.5 Å². The molecule has 5 N–H and O–H groups in total. The van der Waals surface area contributed by atoms with Crippen molar-refractivity contribution in [1.82, 2.24) is 25.7 Å². The first-order valence-electron chi connectivity index (χ1n) is 10.1. The van der Waals surface area contributed by atoms with Crippen molar-refractivity contribution in [2.75, 3.05) is 17.2 Å². The summed E-state index contributed by atoms with van der Waals surface area (Å²) in [6, 6.07) is 5.26. The molecule has 0 aliphatic carbocycles. The van der Waals surface area contributed by atoms with Gasteiger partial charge in [0, 0.05) is 18.3 Å². The standard InChI is InChI=1S/C21H23N7O5/c1-21(2,3)28-33-20(31)27-13-8-22-17-16(13)24-10-25-18(17)19(30)23-7-11-4-5-14-12(6-11)26-15(29)9-32-14/h4-6,8,10,22,28H,7,9H2,1-3H3,(H,23,30)(H,26,29)(H,27,31). The smallest absolute Gasteiger partial charge is 0.430 e. The largest absolute Gasteiger partial charge is 0.482 e. The van der Waals surface area contributed by atoms with E-state index in [4.69, 9.17) is 9.57 Å². The van der Waals surface area contributed by atoms with E-state index in [-0.39, 0.29) is 24.8 Å². The Kier molecular flexibility index (Phi) is 5.84. The van der Waals surface area contributed by atoms with Gasteiger partial charge >= 0.3 is 6.09 Å². The maximum atomic E-state index is 12.8. The molecule has 4 rings (SSSR count). The number of ether oxygens (including phenoxy) is 1. The number of rotatable bonds is 5. The van der Waals surface area contributed by atoms with E-state index >= 15 is 0 Å². The van der Waals surface area contributed by atoms with E-state index in [2.05, 4.69) is 36.4 Å². The van der Waals surface area contributed by atoms with Crippen molar-refractivity contribution in [2.24, 2.45) is 0 Å². The first-order chi connectivity index (χ1) is 15.7. The van der Waals surface area contributed by atoms with E-state index in [1.807, 2.05) is 20.8 Å². The summed E-state index contributed by atoms with van der Waals surface area (Å²) < 4.78 is 5.33. The number of hydrogen-bond acceptors (Lipinski definition) is 8. The number of benzene rings is 1. The highest BCUT2D eigenvalue weighted by molar-refractivity contribution is 6.07. The number of nitrogens with zero attached hydrogens (tertiary/aromatic N) is 2. The number of carbonyl (C=O) groups excluding carboxylic acids is 3. The second kappa shape index (κ2) is 8.74. The molecule has 1 aliphatic rings.